The Kier molecular flexibility index (Phi) is 4.73. The summed E-state index contributed by atoms with van der Waals surface area (Å²) in [7, 11) is -3.57. The number of hydrogen-bond donors (Lipinski definition) is 1. The Morgan fingerprint density at radius 3 is 2.50 bits per heavy atom. The molecule has 3 rings (SSSR count). The average molecular weight is 349 g/mol. The van der Waals surface area contributed by atoms with Gasteiger partial charge < -0.3 is 4.52 Å². The van der Waals surface area contributed by atoms with Crippen molar-refractivity contribution >= 4 is 10.0 Å². The Morgan fingerprint density at radius 1 is 1.17 bits per heavy atom. The number of aryl methyl sites for hydroxylation is 2. The van der Waals surface area contributed by atoms with Crippen LogP contribution in [0.4, 0.5) is 0 Å². The van der Waals surface area contributed by atoms with E-state index in [0.717, 1.165) is 25.7 Å². The summed E-state index contributed by atoms with van der Waals surface area (Å²) in [5.74, 6) is 1.53. The first-order valence-corrected chi connectivity index (χ1v) is 9.77. The van der Waals surface area contributed by atoms with Crippen molar-refractivity contribution in [2.24, 2.45) is 5.92 Å². The monoisotopic (exact) mass is 349 g/mol. The molecule has 0 atom stereocenters. The van der Waals surface area contributed by atoms with Gasteiger partial charge in [0.1, 0.15) is 0 Å². The topological polar surface area (TPSA) is 85.1 Å². The number of hydrogen-bond acceptors (Lipinski definition) is 5. The Balaban J connectivity index is 1.87. The second-order valence-electron chi connectivity index (χ2n) is 6.70. The minimum atomic E-state index is -3.57. The summed E-state index contributed by atoms with van der Waals surface area (Å²) in [5.41, 5.74) is 1.34. The van der Waals surface area contributed by atoms with Crippen molar-refractivity contribution in [3.8, 4) is 11.4 Å². The lowest BCUT2D eigenvalue weighted by Crippen LogP contribution is -2.37. The van der Waals surface area contributed by atoms with E-state index in [1.807, 2.05) is 0 Å². The Morgan fingerprint density at radius 2 is 1.88 bits per heavy atom. The van der Waals surface area contributed by atoms with Crippen molar-refractivity contribution < 1.29 is 12.9 Å². The predicted octanol–water partition coefficient (Wildman–Crippen LogP) is 3.21. The third-order valence-electron chi connectivity index (χ3n) is 4.60. The summed E-state index contributed by atoms with van der Waals surface area (Å²) in [5, 5.41) is 3.86. The van der Waals surface area contributed by atoms with Gasteiger partial charge in [-0.2, -0.15) is 4.98 Å². The standard InChI is InChI=1S/C17H23N3O3S/c1-11-4-8-15(9-5-11)20-24(21,22)16-10-14(7-6-12(16)2)17-18-13(3)23-19-17/h6-7,10-11,15,20H,4-5,8-9H2,1-3H3. The normalized spacial score (nSPS) is 21.8. The van der Waals surface area contributed by atoms with Crippen LogP contribution in [0.3, 0.4) is 0 Å². The molecule has 0 spiro atoms. The van der Waals surface area contributed by atoms with Crippen molar-refractivity contribution in [1.29, 1.82) is 0 Å². The molecule has 2 aromatic rings. The van der Waals surface area contributed by atoms with Crippen molar-refractivity contribution in [1.82, 2.24) is 14.9 Å². The van der Waals surface area contributed by atoms with Crippen LogP contribution in [0.1, 0.15) is 44.1 Å². The SMILES string of the molecule is Cc1nc(-c2ccc(C)c(S(=O)(=O)NC3CCC(C)CC3)c2)no1. The zero-order valence-electron chi connectivity index (χ0n) is 14.2. The van der Waals surface area contributed by atoms with Crippen LogP contribution in [0.2, 0.25) is 0 Å². The van der Waals surface area contributed by atoms with Crippen LogP contribution in [-0.4, -0.2) is 24.6 Å². The molecule has 6 nitrogen and oxygen atoms in total. The maximum absolute atomic E-state index is 12.8. The molecule has 1 N–H and O–H groups in total. The van der Waals surface area contributed by atoms with Gasteiger partial charge in [0.2, 0.25) is 21.7 Å². The van der Waals surface area contributed by atoms with Crippen LogP contribution in [0.15, 0.2) is 27.6 Å². The van der Waals surface area contributed by atoms with Gasteiger partial charge in [0.05, 0.1) is 4.90 Å². The minimum absolute atomic E-state index is 0.0154. The molecule has 1 aliphatic carbocycles. The van der Waals surface area contributed by atoms with Gasteiger partial charge in [0.15, 0.2) is 0 Å². The van der Waals surface area contributed by atoms with Gasteiger partial charge in [-0.3, -0.25) is 0 Å². The number of nitrogens with one attached hydrogen (secondary N) is 1. The summed E-state index contributed by atoms with van der Waals surface area (Å²) in [6.07, 6.45) is 3.91. The summed E-state index contributed by atoms with van der Waals surface area (Å²) in [4.78, 5) is 4.44. The van der Waals surface area contributed by atoms with Gasteiger partial charge in [-0.15, -0.1) is 0 Å². The van der Waals surface area contributed by atoms with Crippen molar-refractivity contribution in [3.63, 3.8) is 0 Å². The van der Waals surface area contributed by atoms with Gasteiger partial charge in [0.25, 0.3) is 0 Å². The zero-order valence-corrected chi connectivity index (χ0v) is 15.1. The molecular weight excluding hydrogens is 326 g/mol. The largest absolute Gasteiger partial charge is 0.339 e. The van der Waals surface area contributed by atoms with E-state index in [1.165, 1.54) is 0 Å². The molecule has 1 aromatic carbocycles. The fraction of sp³-hybridized carbons (Fsp3) is 0.529. The molecule has 1 saturated carbocycles. The van der Waals surface area contributed by atoms with E-state index in [9.17, 15) is 8.42 Å². The van der Waals surface area contributed by atoms with Gasteiger partial charge >= 0.3 is 0 Å². The van der Waals surface area contributed by atoms with E-state index in [0.29, 0.717) is 28.8 Å². The fourth-order valence-electron chi connectivity index (χ4n) is 3.11. The van der Waals surface area contributed by atoms with E-state index >= 15 is 0 Å². The number of aromatic nitrogens is 2. The molecule has 1 heterocycles. The molecule has 130 valence electrons. The predicted molar refractivity (Wildman–Crippen MR) is 90.9 cm³/mol. The molecule has 0 amide bonds. The first kappa shape index (κ1) is 17.1. The van der Waals surface area contributed by atoms with Crippen LogP contribution in [0.5, 0.6) is 0 Å². The maximum Gasteiger partial charge on any atom is 0.241 e. The second kappa shape index (κ2) is 6.64. The van der Waals surface area contributed by atoms with E-state index in [2.05, 4.69) is 21.8 Å². The molecule has 0 saturated heterocycles. The molecule has 0 radical (unpaired) electrons. The number of benzene rings is 1. The number of sulfonamides is 1. The van der Waals surface area contributed by atoms with Crippen LogP contribution in [0, 0.1) is 19.8 Å². The Hall–Kier alpha value is -1.73. The molecule has 1 aromatic heterocycles. The zero-order chi connectivity index (χ0) is 17.3. The van der Waals surface area contributed by atoms with E-state index in [-0.39, 0.29) is 10.9 Å². The summed E-state index contributed by atoms with van der Waals surface area (Å²) in [6.45, 7) is 5.71. The van der Waals surface area contributed by atoms with Gasteiger partial charge in [-0.05, 0) is 50.2 Å². The van der Waals surface area contributed by atoms with Crippen molar-refractivity contribution in [3.05, 3.63) is 29.7 Å². The number of rotatable bonds is 4. The third-order valence-corrected chi connectivity index (χ3v) is 6.26. The molecular formula is C17H23N3O3S. The van der Waals surface area contributed by atoms with Crippen LogP contribution < -0.4 is 4.72 Å². The lowest BCUT2D eigenvalue weighted by Gasteiger charge is -2.27. The lowest BCUT2D eigenvalue weighted by molar-refractivity contribution is 0.332. The molecule has 0 aliphatic heterocycles. The molecule has 0 unspecified atom stereocenters. The number of nitrogens with zero attached hydrogens (tertiary/aromatic N) is 2. The fourth-order valence-corrected chi connectivity index (χ4v) is 4.68. The highest BCUT2D eigenvalue weighted by molar-refractivity contribution is 7.89. The smallest absolute Gasteiger partial charge is 0.241 e. The second-order valence-corrected chi connectivity index (χ2v) is 8.38. The van der Waals surface area contributed by atoms with E-state index in [4.69, 9.17) is 4.52 Å². The average Bonchev–Trinajstić information content (AvgIpc) is 2.96. The Labute approximate surface area is 142 Å². The van der Waals surface area contributed by atoms with Crippen LogP contribution >= 0.6 is 0 Å². The summed E-state index contributed by atoms with van der Waals surface area (Å²) < 4.78 is 33.5. The first-order valence-electron chi connectivity index (χ1n) is 8.29. The van der Waals surface area contributed by atoms with E-state index in [1.54, 1.807) is 32.0 Å². The van der Waals surface area contributed by atoms with E-state index < -0.39 is 10.0 Å². The first-order chi connectivity index (χ1) is 11.3. The molecule has 1 aliphatic rings. The minimum Gasteiger partial charge on any atom is -0.339 e. The van der Waals surface area contributed by atoms with Gasteiger partial charge in [-0.1, -0.05) is 24.2 Å². The molecule has 24 heavy (non-hydrogen) atoms. The van der Waals surface area contributed by atoms with Crippen molar-refractivity contribution in [2.75, 3.05) is 0 Å². The highest BCUT2D eigenvalue weighted by atomic mass is 32.2. The summed E-state index contributed by atoms with van der Waals surface area (Å²) >= 11 is 0. The van der Waals surface area contributed by atoms with Crippen LogP contribution in [-0.2, 0) is 10.0 Å². The molecule has 1 fully saturated rings. The highest BCUT2D eigenvalue weighted by Gasteiger charge is 2.25. The van der Waals surface area contributed by atoms with Crippen molar-refractivity contribution in [2.45, 2.75) is 57.4 Å². The highest BCUT2D eigenvalue weighted by Crippen LogP contribution is 2.27. The summed E-state index contributed by atoms with van der Waals surface area (Å²) in [6, 6.07) is 5.22. The molecule has 0 bridgehead atoms. The van der Waals surface area contributed by atoms with Gasteiger partial charge in [0, 0.05) is 18.5 Å². The molecule has 7 heteroatoms. The lowest BCUT2D eigenvalue weighted by atomic mass is 9.88. The van der Waals surface area contributed by atoms with Gasteiger partial charge in [-0.25, -0.2) is 13.1 Å². The van der Waals surface area contributed by atoms with Crippen LogP contribution in [0.25, 0.3) is 11.4 Å². The third kappa shape index (κ3) is 3.67. The Bertz CT molecular complexity index is 821. The maximum atomic E-state index is 12.8. The quantitative estimate of drug-likeness (QED) is 0.916.